The van der Waals surface area contributed by atoms with E-state index < -0.39 is 5.97 Å². The van der Waals surface area contributed by atoms with Crippen molar-refractivity contribution in [3.8, 4) is 0 Å². The largest absolute Gasteiger partial charge is 0.478 e. The topological polar surface area (TPSA) is 71.2 Å². The van der Waals surface area contributed by atoms with Crippen molar-refractivity contribution >= 4 is 18.0 Å². The van der Waals surface area contributed by atoms with Crippen LogP contribution >= 0.6 is 0 Å². The lowest BCUT2D eigenvalue weighted by Gasteiger charge is -2.10. The first kappa shape index (κ1) is 10.7. The van der Waals surface area contributed by atoms with Crippen molar-refractivity contribution in [3.05, 3.63) is 11.9 Å². The van der Waals surface area contributed by atoms with Gasteiger partial charge in [-0.3, -0.25) is 0 Å². The number of nitrogens with zero attached hydrogens (tertiary/aromatic N) is 4. The molecule has 1 aromatic rings. The Bertz CT molecular complexity index is 418. The van der Waals surface area contributed by atoms with Crippen LogP contribution in [0.15, 0.2) is 6.08 Å². The molecule has 86 valence electrons. The molecule has 16 heavy (non-hydrogen) atoms. The van der Waals surface area contributed by atoms with E-state index in [2.05, 4.69) is 15.0 Å². The minimum atomic E-state index is -0.981. The lowest BCUT2D eigenvalue weighted by molar-refractivity contribution is -0.131. The van der Waals surface area contributed by atoms with E-state index >= 15 is 0 Å². The third-order valence-electron chi connectivity index (χ3n) is 2.55. The summed E-state index contributed by atoms with van der Waals surface area (Å²) in [7, 11) is 1.76. The number of rotatable bonds is 3. The van der Waals surface area contributed by atoms with E-state index in [-0.39, 0.29) is 0 Å². The van der Waals surface area contributed by atoms with Crippen LogP contribution < -0.4 is 4.90 Å². The Labute approximate surface area is 93.2 Å². The van der Waals surface area contributed by atoms with E-state index in [1.165, 1.54) is 18.9 Å². The molecule has 0 spiro atoms. The zero-order valence-corrected chi connectivity index (χ0v) is 9.13. The molecule has 0 aromatic carbocycles. The highest BCUT2D eigenvalue weighted by Gasteiger charge is 2.17. The predicted octanol–water partition coefficient (Wildman–Crippen LogP) is 0.513. The molecule has 1 aromatic heterocycles. The van der Waals surface area contributed by atoms with Gasteiger partial charge in [0.1, 0.15) is 0 Å². The van der Waals surface area contributed by atoms with Crippen LogP contribution in [-0.4, -0.2) is 38.9 Å². The molecular weight excluding hydrogens is 208 g/mol. The first-order chi connectivity index (χ1) is 7.66. The number of anilines is 1. The molecule has 2 rings (SSSR count). The van der Waals surface area contributed by atoms with Gasteiger partial charge in [0, 0.05) is 26.2 Å². The fourth-order valence-electron chi connectivity index (χ4n) is 1.72. The zero-order chi connectivity index (χ0) is 11.5. The maximum Gasteiger partial charge on any atom is 0.328 e. The predicted molar refractivity (Wildman–Crippen MR) is 59.1 cm³/mol. The molecule has 1 aliphatic rings. The summed E-state index contributed by atoms with van der Waals surface area (Å²) in [4.78, 5) is 16.8. The average Bonchev–Trinajstić information content (AvgIpc) is 2.83. The molecule has 0 aliphatic carbocycles. The summed E-state index contributed by atoms with van der Waals surface area (Å²) in [6.07, 6.45) is 4.85. The van der Waals surface area contributed by atoms with Crippen LogP contribution in [0.1, 0.15) is 18.7 Å². The first-order valence-electron chi connectivity index (χ1n) is 5.24. The smallest absolute Gasteiger partial charge is 0.328 e. The second kappa shape index (κ2) is 4.34. The summed E-state index contributed by atoms with van der Waals surface area (Å²) in [6, 6.07) is 0. The van der Waals surface area contributed by atoms with Gasteiger partial charge in [-0.1, -0.05) is 0 Å². The number of hydrogen-bond donors (Lipinski definition) is 1. The summed E-state index contributed by atoms with van der Waals surface area (Å²) in [6.45, 7) is 1.96. The van der Waals surface area contributed by atoms with Crippen LogP contribution in [0.2, 0.25) is 0 Å². The molecule has 1 N–H and O–H groups in total. The van der Waals surface area contributed by atoms with Gasteiger partial charge in [0.25, 0.3) is 0 Å². The van der Waals surface area contributed by atoms with Gasteiger partial charge in [0.15, 0.2) is 5.82 Å². The Balaban J connectivity index is 2.17. The maximum absolute atomic E-state index is 10.4. The molecule has 0 atom stereocenters. The molecule has 0 unspecified atom stereocenters. The van der Waals surface area contributed by atoms with Crippen LogP contribution in [0.3, 0.4) is 0 Å². The van der Waals surface area contributed by atoms with Gasteiger partial charge in [-0.25, -0.2) is 9.48 Å². The van der Waals surface area contributed by atoms with Crippen LogP contribution in [0.25, 0.3) is 6.08 Å². The molecule has 0 radical (unpaired) electrons. The second-order valence-electron chi connectivity index (χ2n) is 3.76. The highest BCUT2D eigenvalue weighted by atomic mass is 16.4. The normalized spacial score (nSPS) is 16.2. The number of aromatic nitrogens is 3. The molecule has 0 bridgehead atoms. The number of aliphatic carboxylic acids is 1. The summed E-state index contributed by atoms with van der Waals surface area (Å²) >= 11 is 0. The van der Waals surface area contributed by atoms with Crippen molar-refractivity contribution in [2.75, 3.05) is 18.0 Å². The van der Waals surface area contributed by atoms with E-state index in [0.717, 1.165) is 19.2 Å². The van der Waals surface area contributed by atoms with Crippen molar-refractivity contribution in [2.45, 2.75) is 12.8 Å². The van der Waals surface area contributed by atoms with Crippen LogP contribution in [0, 0.1) is 0 Å². The molecule has 6 heteroatoms. The van der Waals surface area contributed by atoms with Crippen LogP contribution in [-0.2, 0) is 11.8 Å². The fraction of sp³-hybridized carbons (Fsp3) is 0.500. The minimum absolute atomic E-state index is 0.560. The monoisotopic (exact) mass is 222 g/mol. The SMILES string of the molecule is Cn1nc(N2CCCC2)nc1C=CC(=O)O. The quantitative estimate of drug-likeness (QED) is 0.754. The van der Waals surface area contributed by atoms with E-state index in [9.17, 15) is 4.79 Å². The summed E-state index contributed by atoms with van der Waals surface area (Å²) < 4.78 is 1.59. The Hall–Kier alpha value is -1.85. The van der Waals surface area contributed by atoms with Crippen LogP contribution in [0.4, 0.5) is 5.95 Å². The third kappa shape index (κ3) is 2.21. The van der Waals surface area contributed by atoms with Gasteiger partial charge < -0.3 is 10.0 Å². The minimum Gasteiger partial charge on any atom is -0.478 e. The van der Waals surface area contributed by atoms with Gasteiger partial charge in [-0.05, 0) is 18.9 Å². The lowest BCUT2D eigenvalue weighted by atomic mass is 10.4. The Morgan fingerprint density at radius 1 is 1.44 bits per heavy atom. The first-order valence-corrected chi connectivity index (χ1v) is 5.24. The van der Waals surface area contributed by atoms with Gasteiger partial charge in [0.05, 0.1) is 0 Å². The van der Waals surface area contributed by atoms with E-state index in [4.69, 9.17) is 5.11 Å². The highest BCUT2D eigenvalue weighted by molar-refractivity contribution is 5.84. The number of hydrogen-bond acceptors (Lipinski definition) is 4. The number of carboxylic acid groups (broad SMARTS) is 1. The molecule has 0 saturated carbocycles. The van der Waals surface area contributed by atoms with Gasteiger partial charge in [-0.2, -0.15) is 4.98 Å². The molecule has 1 aliphatic heterocycles. The molecule has 6 nitrogen and oxygen atoms in total. The second-order valence-corrected chi connectivity index (χ2v) is 3.76. The summed E-state index contributed by atoms with van der Waals surface area (Å²) in [5.41, 5.74) is 0. The van der Waals surface area contributed by atoms with E-state index in [1.807, 2.05) is 0 Å². The van der Waals surface area contributed by atoms with Gasteiger partial charge in [-0.15, -0.1) is 5.10 Å². The van der Waals surface area contributed by atoms with Crippen LogP contribution in [0.5, 0.6) is 0 Å². The summed E-state index contributed by atoms with van der Waals surface area (Å²) in [5, 5.41) is 12.8. The van der Waals surface area contributed by atoms with E-state index in [1.54, 1.807) is 11.7 Å². The molecule has 2 heterocycles. The molecular formula is C10H14N4O2. The van der Waals surface area contributed by atoms with Gasteiger partial charge >= 0.3 is 5.97 Å². The summed E-state index contributed by atoms with van der Waals surface area (Å²) in [5.74, 6) is 0.264. The standard InChI is InChI=1S/C10H14N4O2/c1-13-8(4-5-9(15)16)11-10(12-13)14-6-2-3-7-14/h4-5H,2-3,6-7H2,1H3,(H,15,16). The Kier molecular flexibility index (Phi) is 2.89. The fourth-order valence-corrected chi connectivity index (χ4v) is 1.72. The maximum atomic E-state index is 10.4. The van der Waals surface area contributed by atoms with E-state index in [0.29, 0.717) is 11.8 Å². The van der Waals surface area contributed by atoms with Crippen molar-refractivity contribution in [3.63, 3.8) is 0 Å². The number of aryl methyl sites for hydroxylation is 1. The Morgan fingerprint density at radius 2 is 2.12 bits per heavy atom. The highest BCUT2D eigenvalue weighted by Crippen LogP contribution is 2.16. The van der Waals surface area contributed by atoms with Crippen molar-refractivity contribution in [1.82, 2.24) is 14.8 Å². The van der Waals surface area contributed by atoms with Crippen molar-refractivity contribution in [2.24, 2.45) is 7.05 Å². The van der Waals surface area contributed by atoms with Gasteiger partial charge in [0.2, 0.25) is 5.95 Å². The number of carbonyl (C=O) groups is 1. The van der Waals surface area contributed by atoms with Crippen molar-refractivity contribution in [1.29, 1.82) is 0 Å². The molecule has 1 saturated heterocycles. The number of carboxylic acids is 1. The third-order valence-corrected chi connectivity index (χ3v) is 2.55. The lowest BCUT2D eigenvalue weighted by Crippen LogP contribution is -2.19. The average molecular weight is 222 g/mol. The van der Waals surface area contributed by atoms with Crippen molar-refractivity contribution < 1.29 is 9.90 Å². The zero-order valence-electron chi connectivity index (χ0n) is 9.13. The molecule has 1 fully saturated rings. The Morgan fingerprint density at radius 3 is 2.75 bits per heavy atom. The molecule has 0 amide bonds.